The van der Waals surface area contributed by atoms with Gasteiger partial charge in [-0.05, 0) is 19.1 Å². The van der Waals surface area contributed by atoms with Gasteiger partial charge in [-0.1, -0.05) is 5.16 Å². The van der Waals surface area contributed by atoms with Crippen molar-refractivity contribution in [2.45, 2.75) is 20.0 Å². The number of methoxy groups -OCH3 is 1. The third kappa shape index (κ3) is 2.98. The lowest BCUT2D eigenvalue weighted by Crippen LogP contribution is -2.13. The molecule has 2 rings (SSSR count). The Labute approximate surface area is 104 Å². The topological polar surface area (TPSA) is 80.2 Å². The summed E-state index contributed by atoms with van der Waals surface area (Å²) < 4.78 is 9.57. The first-order valence-electron chi connectivity index (χ1n) is 5.58. The predicted octanol–water partition coefficient (Wildman–Crippen LogP) is 1.39. The summed E-state index contributed by atoms with van der Waals surface area (Å²) in [7, 11) is 1.36. The Hall–Kier alpha value is -2.08. The Bertz CT molecular complexity index is 530. The number of rotatable bonds is 5. The lowest BCUT2D eigenvalue weighted by atomic mass is 10.3. The molecule has 2 aromatic heterocycles. The second kappa shape index (κ2) is 5.50. The zero-order chi connectivity index (χ0) is 13.0. The molecule has 0 amide bonds. The standard InChI is InChI=1S/C12H15N3O3/c1-8-5-10(15-18-8)7-13-6-9-3-4-11(14-9)12(16)17-2/h3-5,13-14H,6-7H2,1-2H3. The second-order valence-electron chi connectivity index (χ2n) is 3.92. The van der Waals surface area contributed by atoms with Crippen LogP contribution in [-0.2, 0) is 17.8 Å². The number of carbonyl (C=O) groups is 1. The highest BCUT2D eigenvalue weighted by Gasteiger charge is 2.07. The monoisotopic (exact) mass is 249 g/mol. The molecule has 18 heavy (non-hydrogen) atoms. The van der Waals surface area contributed by atoms with Gasteiger partial charge in [-0.25, -0.2) is 4.79 Å². The van der Waals surface area contributed by atoms with E-state index in [-0.39, 0.29) is 5.97 Å². The molecule has 0 aliphatic rings. The molecule has 0 bridgehead atoms. The minimum atomic E-state index is -0.367. The molecule has 0 saturated carbocycles. The maximum atomic E-state index is 11.2. The summed E-state index contributed by atoms with van der Waals surface area (Å²) in [6.45, 7) is 3.08. The molecule has 6 nitrogen and oxygen atoms in total. The first kappa shape index (κ1) is 12.4. The van der Waals surface area contributed by atoms with Crippen LogP contribution in [0.25, 0.3) is 0 Å². The number of aryl methyl sites for hydroxylation is 1. The fourth-order valence-electron chi connectivity index (χ4n) is 1.60. The number of aromatic nitrogens is 2. The van der Waals surface area contributed by atoms with Crippen LogP contribution in [0.3, 0.4) is 0 Å². The number of carbonyl (C=O) groups excluding carboxylic acids is 1. The van der Waals surface area contributed by atoms with Crippen molar-refractivity contribution < 1.29 is 14.1 Å². The molecule has 0 fully saturated rings. The van der Waals surface area contributed by atoms with E-state index in [0.717, 1.165) is 17.1 Å². The molecule has 0 atom stereocenters. The normalized spacial score (nSPS) is 10.6. The summed E-state index contributed by atoms with van der Waals surface area (Å²) in [4.78, 5) is 14.2. The molecule has 96 valence electrons. The maximum Gasteiger partial charge on any atom is 0.354 e. The van der Waals surface area contributed by atoms with Crippen molar-refractivity contribution in [2.75, 3.05) is 7.11 Å². The van der Waals surface area contributed by atoms with Crippen LogP contribution in [0, 0.1) is 6.92 Å². The number of aromatic amines is 1. The van der Waals surface area contributed by atoms with E-state index in [1.807, 2.05) is 19.1 Å². The highest BCUT2D eigenvalue weighted by Crippen LogP contribution is 2.04. The van der Waals surface area contributed by atoms with Gasteiger partial charge < -0.3 is 19.6 Å². The van der Waals surface area contributed by atoms with Crippen LogP contribution in [0.2, 0.25) is 0 Å². The Morgan fingerprint density at radius 3 is 3.00 bits per heavy atom. The number of hydrogen-bond donors (Lipinski definition) is 2. The lowest BCUT2D eigenvalue weighted by molar-refractivity contribution is 0.0594. The van der Waals surface area contributed by atoms with E-state index in [4.69, 9.17) is 4.52 Å². The van der Waals surface area contributed by atoms with Gasteiger partial charge in [-0.3, -0.25) is 0 Å². The van der Waals surface area contributed by atoms with E-state index in [1.165, 1.54) is 7.11 Å². The third-order valence-electron chi connectivity index (χ3n) is 2.45. The largest absolute Gasteiger partial charge is 0.464 e. The van der Waals surface area contributed by atoms with Crippen molar-refractivity contribution in [3.8, 4) is 0 Å². The van der Waals surface area contributed by atoms with E-state index >= 15 is 0 Å². The Kier molecular flexibility index (Phi) is 3.78. The van der Waals surface area contributed by atoms with Gasteiger partial charge in [-0.15, -0.1) is 0 Å². The van der Waals surface area contributed by atoms with Crippen molar-refractivity contribution in [1.82, 2.24) is 15.5 Å². The van der Waals surface area contributed by atoms with Crippen molar-refractivity contribution in [3.63, 3.8) is 0 Å². The van der Waals surface area contributed by atoms with Crippen LogP contribution >= 0.6 is 0 Å². The van der Waals surface area contributed by atoms with Gasteiger partial charge in [0.15, 0.2) is 0 Å². The molecular weight excluding hydrogens is 234 g/mol. The fraction of sp³-hybridized carbons (Fsp3) is 0.333. The van der Waals surface area contributed by atoms with E-state index in [2.05, 4.69) is 20.2 Å². The average Bonchev–Trinajstić information content (AvgIpc) is 2.98. The van der Waals surface area contributed by atoms with Crippen molar-refractivity contribution >= 4 is 5.97 Å². The van der Waals surface area contributed by atoms with E-state index in [0.29, 0.717) is 18.8 Å². The zero-order valence-electron chi connectivity index (χ0n) is 10.3. The number of H-pyrrole nitrogens is 1. The Morgan fingerprint density at radius 2 is 2.33 bits per heavy atom. The van der Waals surface area contributed by atoms with E-state index in [9.17, 15) is 4.79 Å². The predicted molar refractivity (Wildman–Crippen MR) is 63.9 cm³/mol. The smallest absolute Gasteiger partial charge is 0.354 e. The first-order valence-corrected chi connectivity index (χ1v) is 5.58. The van der Waals surface area contributed by atoms with Crippen molar-refractivity contribution in [3.05, 3.63) is 41.0 Å². The molecule has 0 saturated heterocycles. The van der Waals surface area contributed by atoms with Gasteiger partial charge in [0.05, 0.1) is 12.8 Å². The Morgan fingerprint density at radius 1 is 1.50 bits per heavy atom. The first-order chi connectivity index (χ1) is 8.69. The van der Waals surface area contributed by atoms with Gasteiger partial charge in [0.25, 0.3) is 0 Å². The molecule has 2 heterocycles. The zero-order valence-corrected chi connectivity index (χ0v) is 10.3. The van der Waals surface area contributed by atoms with Gasteiger partial charge in [0.2, 0.25) is 0 Å². The summed E-state index contributed by atoms with van der Waals surface area (Å²) >= 11 is 0. The molecule has 0 aliphatic carbocycles. The van der Waals surface area contributed by atoms with Crippen LogP contribution < -0.4 is 5.32 Å². The highest BCUT2D eigenvalue weighted by atomic mass is 16.5. The number of esters is 1. The van der Waals surface area contributed by atoms with Crippen LogP contribution in [0.15, 0.2) is 22.7 Å². The molecular formula is C12H15N3O3. The number of hydrogen-bond acceptors (Lipinski definition) is 5. The van der Waals surface area contributed by atoms with E-state index in [1.54, 1.807) is 6.07 Å². The van der Waals surface area contributed by atoms with Gasteiger partial charge in [0.1, 0.15) is 11.5 Å². The maximum absolute atomic E-state index is 11.2. The summed E-state index contributed by atoms with van der Waals surface area (Å²) in [6.07, 6.45) is 0. The molecule has 0 unspecified atom stereocenters. The third-order valence-corrected chi connectivity index (χ3v) is 2.45. The number of ether oxygens (including phenoxy) is 1. The average molecular weight is 249 g/mol. The van der Waals surface area contributed by atoms with Crippen molar-refractivity contribution in [2.24, 2.45) is 0 Å². The Balaban J connectivity index is 1.83. The minimum absolute atomic E-state index is 0.367. The van der Waals surface area contributed by atoms with Crippen LogP contribution in [0.1, 0.15) is 27.6 Å². The fourth-order valence-corrected chi connectivity index (χ4v) is 1.60. The van der Waals surface area contributed by atoms with E-state index < -0.39 is 0 Å². The summed E-state index contributed by atoms with van der Waals surface area (Å²) in [6, 6.07) is 5.41. The summed E-state index contributed by atoms with van der Waals surface area (Å²) in [5.74, 6) is 0.424. The van der Waals surface area contributed by atoms with Gasteiger partial charge >= 0.3 is 5.97 Å². The van der Waals surface area contributed by atoms with Gasteiger partial charge in [-0.2, -0.15) is 0 Å². The molecule has 2 N–H and O–H groups in total. The molecule has 6 heteroatoms. The highest BCUT2D eigenvalue weighted by molar-refractivity contribution is 5.87. The second-order valence-corrected chi connectivity index (χ2v) is 3.92. The molecule has 2 aromatic rings. The summed E-state index contributed by atoms with van der Waals surface area (Å²) in [5.41, 5.74) is 2.22. The molecule has 0 spiro atoms. The van der Waals surface area contributed by atoms with Gasteiger partial charge in [0, 0.05) is 24.8 Å². The van der Waals surface area contributed by atoms with Crippen LogP contribution in [0.4, 0.5) is 0 Å². The lowest BCUT2D eigenvalue weighted by Gasteiger charge is -2.00. The molecule has 0 aliphatic heterocycles. The summed E-state index contributed by atoms with van der Waals surface area (Å²) in [5, 5.41) is 7.07. The minimum Gasteiger partial charge on any atom is -0.464 e. The molecule has 0 aromatic carbocycles. The molecule has 0 radical (unpaired) electrons. The number of nitrogens with zero attached hydrogens (tertiary/aromatic N) is 1. The number of nitrogens with one attached hydrogen (secondary N) is 2. The van der Waals surface area contributed by atoms with Crippen molar-refractivity contribution in [1.29, 1.82) is 0 Å². The quantitative estimate of drug-likeness (QED) is 0.783. The SMILES string of the molecule is COC(=O)c1ccc(CNCc2cc(C)on2)[nH]1. The van der Waals surface area contributed by atoms with Crippen LogP contribution in [0.5, 0.6) is 0 Å². The van der Waals surface area contributed by atoms with Crippen LogP contribution in [-0.4, -0.2) is 23.2 Å².